The molecule has 0 aliphatic heterocycles. The lowest BCUT2D eigenvalue weighted by Gasteiger charge is -2.13. The molecule has 0 saturated heterocycles. The average molecular weight is 270 g/mol. The van der Waals surface area contributed by atoms with Crippen molar-refractivity contribution < 1.29 is 4.74 Å². The first-order valence-corrected chi connectivity index (χ1v) is 7.24. The van der Waals surface area contributed by atoms with Crippen LogP contribution in [0.15, 0.2) is 24.3 Å². The fourth-order valence-electron chi connectivity index (χ4n) is 1.83. The molecule has 3 heteroatoms. The number of benzene rings is 1. The predicted octanol–water partition coefficient (Wildman–Crippen LogP) is 4.41. The molecule has 0 bridgehead atoms. The van der Waals surface area contributed by atoms with Crippen LogP contribution in [0.4, 0.5) is 0 Å². The van der Waals surface area contributed by atoms with Gasteiger partial charge in [0.1, 0.15) is 12.4 Å². The molecule has 0 spiro atoms. The van der Waals surface area contributed by atoms with Crippen LogP contribution in [-0.4, -0.2) is 12.6 Å². The molecular formula is C15H24ClNO. The molecule has 0 fully saturated rings. The van der Waals surface area contributed by atoms with Crippen molar-refractivity contribution >= 4 is 11.6 Å². The number of ether oxygens (including phenoxy) is 1. The van der Waals surface area contributed by atoms with E-state index in [-0.39, 0.29) is 6.04 Å². The molecular weight excluding hydrogens is 246 g/mol. The highest BCUT2D eigenvalue weighted by molar-refractivity contribution is 6.30. The van der Waals surface area contributed by atoms with Gasteiger partial charge in [0.05, 0.1) is 0 Å². The van der Waals surface area contributed by atoms with Crippen molar-refractivity contribution in [3.8, 4) is 5.75 Å². The minimum absolute atomic E-state index is 0.127. The lowest BCUT2D eigenvalue weighted by atomic mass is 10.1. The first-order valence-electron chi connectivity index (χ1n) is 6.86. The Hall–Kier alpha value is -0.730. The van der Waals surface area contributed by atoms with E-state index in [1.165, 1.54) is 32.1 Å². The molecule has 2 N–H and O–H groups in total. The second-order valence-corrected chi connectivity index (χ2v) is 5.16. The highest BCUT2D eigenvalue weighted by Gasteiger charge is 2.03. The van der Waals surface area contributed by atoms with E-state index in [9.17, 15) is 0 Å². The highest BCUT2D eigenvalue weighted by atomic mass is 35.5. The Morgan fingerprint density at radius 1 is 1.11 bits per heavy atom. The van der Waals surface area contributed by atoms with Crippen LogP contribution in [-0.2, 0) is 0 Å². The Labute approximate surface area is 115 Å². The fourth-order valence-corrected chi connectivity index (χ4v) is 1.95. The van der Waals surface area contributed by atoms with Gasteiger partial charge in [-0.2, -0.15) is 0 Å². The Morgan fingerprint density at radius 2 is 1.78 bits per heavy atom. The molecule has 1 unspecified atom stereocenters. The smallest absolute Gasteiger partial charge is 0.119 e. The second kappa shape index (κ2) is 9.23. The minimum Gasteiger partial charge on any atom is -0.492 e. The lowest BCUT2D eigenvalue weighted by Crippen LogP contribution is -2.27. The molecule has 0 saturated carbocycles. The molecule has 1 atom stereocenters. The van der Waals surface area contributed by atoms with Crippen LogP contribution in [0.5, 0.6) is 5.75 Å². The van der Waals surface area contributed by atoms with E-state index in [4.69, 9.17) is 22.1 Å². The molecule has 102 valence electrons. The third-order valence-electron chi connectivity index (χ3n) is 2.96. The maximum atomic E-state index is 6.02. The van der Waals surface area contributed by atoms with E-state index in [2.05, 4.69) is 6.92 Å². The van der Waals surface area contributed by atoms with Gasteiger partial charge in [0.25, 0.3) is 0 Å². The summed E-state index contributed by atoms with van der Waals surface area (Å²) in [5.74, 6) is 0.834. The van der Waals surface area contributed by atoms with Crippen molar-refractivity contribution in [2.45, 2.75) is 51.5 Å². The summed E-state index contributed by atoms with van der Waals surface area (Å²) in [7, 11) is 0. The summed E-state index contributed by atoms with van der Waals surface area (Å²) >= 11 is 5.80. The molecule has 1 rings (SSSR count). The van der Waals surface area contributed by atoms with Crippen LogP contribution < -0.4 is 10.5 Å². The number of nitrogens with two attached hydrogens (primary N) is 1. The second-order valence-electron chi connectivity index (χ2n) is 4.73. The van der Waals surface area contributed by atoms with Crippen molar-refractivity contribution in [1.29, 1.82) is 0 Å². The first-order chi connectivity index (χ1) is 8.72. The summed E-state index contributed by atoms with van der Waals surface area (Å²) in [6.45, 7) is 2.81. The van der Waals surface area contributed by atoms with Crippen LogP contribution in [0.25, 0.3) is 0 Å². The fraction of sp³-hybridized carbons (Fsp3) is 0.600. The standard InChI is InChI=1S/C15H24ClNO/c1-2-3-4-5-6-7-14(17)12-18-15-10-8-13(16)9-11-15/h8-11,14H,2-7,12,17H2,1H3. The zero-order valence-electron chi connectivity index (χ0n) is 11.2. The summed E-state index contributed by atoms with van der Waals surface area (Å²) in [6, 6.07) is 7.52. The third kappa shape index (κ3) is 6.87. The van der Waals surface area contributed by atoms with Gasteiger partial charge in [0.2, 0.25) is 0 Å². The van der Waals surface area contributed by atoms with E-state index >= 15 is 0 Å². The molecule has 0 aliphatic rings. The minimum atomic E-state index is 0.127. The largest absolute Gasteiger partial charge is 0.492 e. The molecule has 18 heavy (non-hydrogen) atoms. The maximum absolute atomic E-state index is 6.02. The van der Waals surface area contributed by atoms with Crippen LogP contribution in [0.2, 0.25) is 5.02 Å². The van der Waals surface area contributed by atoms with Crippen molar-refractivity contribution in [3.63, 3.8) is 0 Å². The van der Waals surface area contributed by atoms with Crippen molar-refractivity contribution in [3.05, 3.63) is 29.3 Å². The van der Waals surface area contributed by atoms with E-state index < -0.39 is 0 Å². The van der Waals surface area contributed by atoms with E-state index in [0.29, 0.717) is 6.61 Å². The van der Waals surface area contributed by atoms with Crippen LogP contribution >= 0.6 is 11.6 Å². The normalized spacial score (nSPS) is 12.4. The summed E-state index contributed by atoms with van der Waals surface area (Å²) in [5.41, 5.74) is 6.02. The number of halogens is 1. The van der Waals surface area contributed by atoms with Crippen LogP contribution in [0, 0.1) is 0 Å². The molecule has 0 amide bonds. The molecule has 2 nitrogen and oxygen atoms in total. The van der Waals surface area contributed by atoms with Crippen molar-refractivity contribution in [2.24, 2.45) is 5.73 Å². The van der Waals surface area contributed by atoms with Gasteiger partial charge in [-0.05, 0) is 30.7 Å². The summed E-state index contributed by atoms with van der Waals surface area (Å²) in [5, 5.41) is 0.725. The zero-order valence-corrected chi connectivity index (χ0v) is 12.0. The number of hydrogen-bond acceptors (Lipinski definition) is 2. The van der Waals surface area contributed by atoms with Gasteiger partial charge >= 0.3 is 0 Å². The molecule has 1 aromatic rings. The van der Waals surface area contributed by atoms with Gasteiger partial charge in [-0.1, -0.05) is 50.6 Å². The average Bonchev–Trinajstić information content (AvgIpc) is 2.38. The number of rotatable bonds is 9. The molecule has 0 heterocycles. The Balaban J connectivity index is 2.09. The van der Waals surface area contributed by atoms with Crippen molar-refractivity contribution in [2.75, 3.05) is 6.61 Å². The lowest BCUT2D eigenvalue weighted by molar-refractivity contribution is 0.279. The quantitative estimate of drug-likeness (QED) is 0.674. The van der Waals surface area contributed by atoms with Gasteiger partial charge in [-0.25, -0.2) is 0 Å². The van der Waals surface area contributed by atoms with E-state index in [1.807, 2.05) is 24.3 Å². The monoisotopic (exact) mass is 269 g/mol. The van der Waals surface area contributed by atoms with E-state index in [0.717, 1.165) is 17.2 Å². The highest BCUT2D eigenvalue weighted by Crippen LogP contribution is 2.16. The van der Waals surface area contributed by atoms with Gasteiger partial charge in [0.15, 0.2) is 0 Å². The first kappa shape index (κ1) is 15.3. The summed E-state index contributed by atoms with van der Waals surface area (Å²) < 4.78 is 5.62. The van der Waals surface area contributed by atoms with Crippen molar-refractivity contribution in [1.82, 2.24) is 0 Å². The third-order valence-corrected chi connectivity index (χ3v) is 3.21. The van der Waals surface area contributed by atoms with Crippen LogP contribution in [0.3, 0.4) is 0 Å². The Bertz CT molecular complexity index is 313. The molecule has 0 aromatic heterocycles. The summed E-state index contributed by atoms with van der Waals surface area (Å²) in [4.78, 5) is 0. The molecule has 0 aliphatic carbocycles. The van der Waals surface area contributed by atoms with Gasteiger partial charge in [-0.3, -0.25) is 0 Å². The Morgan fingerprint density at radius 3 is 2.44 bits per heavy atom. The zero-order chi connectivity index (χ0) is 13.2. The number of unbranched alkanes of at least 4 members (excludes halogenated alkanes) is 4. The summed E-state index contributed by atoms with van der Waals surface area (Å²) in [6.07, 6.45) is 7.45. The molecule has 0 radical (unpaired) electrons. The topological polar surface area (TPSA) is 35.2 Å². The number of hydrogen-bond donors (Lipinski definition) is 1. The van der Waals surface area contributed by atoms with Crippen LogP contribution in [0.1, 0.15) is 45.4 Å². The maximum Gasteiger partial charge on any atom is 0.119 e. The predicted molar refractivity (Wildman–Crippen MR) is 78.3 cm³/mol. The molecule has 1 aromatic carbocycles. The van der Waals surface area contributed by atoms with Gasteiger partial charge in [0, 0.05) is 11.1 Å². The van der Waals surface area contributed by atoms with E-state index in [1.54, 1.807) is 0 Å². The SMILES string of the molecule is CCCCCCCC(N)COc1ccc(Cl)cc1. The van der Waals surface area contributed by atoms with Gasteiger partial charge in [-0.15, -0.1) is 0 Å². The van der Waals surface area contributed by atoms with Gasteiger partial charge < -0.3 is 10.5 Å². The Kier molecular flexibility index (Phi) is 7.86.